The molecule has 1 amide bonds. The lowest BCUT2D eigenvalue weighted by Gasteiger charge is -2.09. The minimum absolute atomic E-state index is 0.191. The van der Waals surface area contributed by atoms with Gasteiger partial charge in [0, 0.05) is 12.6 Å². The number of fused-ring (bicyclic) bond motifs is 1. The van der Waals surface area contributed by atoms with E-state index in [1.54, 1.807) is 31.4 Å². The fourth-order valence-corrected chi connectivity index (χ4v) is 2.66. The van der Waals surface area contributed by atoms with Crippen molar-refractivity contribution in [3.05, 3.63) is 59.7 Å². The van der Waals surface area contributed by atoms with Gasteiger partial charge in [0.05, 0.1) is 7.11 Å². The maximum Gasteiger partial charge on any atom is 0.331 e. The van der Waals surface area contributed by atoms with Crippen LogP contribution in [0.1, 0.15) is 11.1 Å². The number of esters is 1. The molecule has 2 aromatic rings. The van der Waals surface area contributed by atoms with Crippen LogP contribution in [0.25, 0.3) is 6.08 Å². The molecule has 1 heterocycles. The first kappa shape index (κ1) is 19.3. The van der Waals surface area contributed by atoms with Crippen molar-refractivity contribution in [3.63, 3.8) is 0 Å². The Hall–Kier alpha value is -3.48. The van der Waals surface area contributed by atoms with Crippen molar-refractivity contribution in [1.82, 2.24) is 5.32 Å². The average Bonchev–Trinajstić information content (AvgIpc) is 3.19. The molecule has 3 rings (SSSR count). The summed E-state index contributed by atoms with van der Waals surface area (Å²) in [5.74, 6) is 1.11. The van der Waals surface area contributed by atoms with Gasteiger partial charge in [-0.25, -0.2) is 4.79 Å². The summed E-state index contributed by atoms with van der Waals surface area (Å²) in [7, 11) is 1.61. The monoisotopic (exact) mass is 383 g/mol. The second-order valence-corrected chi connectivity index (χ2v) is 5.97. The Morgan fingerprint density at radius 1 is 1.14 bits per heavy atom. The molecular formula is C21H21NO6. The van der Waals surface area contributed by atoms with E-state index in [1.165, 1.54) is 6.08 Å². The van der Waals surface area contributed by atoms with Gasteiger partial charge in [-0.2, -0.15) is 0 Å². The Morgan fingerprint density at radius 3 is 2.82 bits per heavy atom. The van der Waals surface area contributed by atoms with E-state index >= 15 is 0 Å². The van der Waals surface area contributed by atoms with E-state index in [-0.39, 0.29) is 19.3 Å². The highest BCUT2D eigenvalue weighted by Crippen LogP contribution is 2.32. The highest BCUT2D eigenvalue weighted by atomic mass is 16.7. The van der Waals surface area contributed by atoms with Gasteiger partial charge in [-0.05, 0) is 41.8 Å². The molecule has 7 heteroatoms. The van der Waals surface area contributed by atoms with Crippen LogP contribution in [0.5, 0.6) is 17.2 Å². The zero-order valence-corrected chi connectivity index (χ0v) is 15.5. The number of amides is 1. The quantitative estimate of drug-likeness (QED) is 0.557. The van der Waals surface area contributed by atoms with Crippen LogP contribution in [0.3, 0.4) is 0 Å². The molecule has 0 saturated carbocycles. The Labute approximate surface area is 162 Å². The number of carbonyl (C=O) groups excluding carboxylic acids is 2. The minimum atomic E-state index is -0.599. The Balaban J connectivity index is 1.38. The Morgan fingerprint density at radius 2 is 1.96 bits per heavy atom. The summed E-state index contributed by atoms with van der Waals surface area (Å²) >= 11 is 0. The number of para-hydroxylation sites is 1. The average molecular weight is 383 g/mol. The van der Waals surface area contributed by atoms with Crippen molar-refractivity contribution in [2.75, 3.05) is 27.1 Å². The molecule has 0 aliphatic carbocycles. The van der Waals surface area contributed by atoms with Crippen molar-refractivity contribution >= 4 is 18.0 Å². The predicted octanol–water partition coefficient (Wildman–Crippen LogP) is 2.34. The van der Waals surface area contributed by atoms with Gasteiger partial charge in [0.1, 0.15) is 5.75 Å². The molecule has 0 bridgehead atoms. The highest BCUT2D eigenvalue weighted by molar-refractivity contribution is 5.89. The second kappa shape index (κ2) is 9.45. The molecule has 28 heavy (non-hydrogen) atoms. The van der Waals surface area contributed by atoms with Crippen LogP contribution in [0.4, 0.5) is 0 Å². The van der Waals surface area contributed by atoms with Gasteiger partial charge in [0.15, 0.2) is 18.1 Å². The summed E-state index contributed by atoms with van der Waals surface area (Å²) in [5, 5.41) is 2.71. The number of nitrogens with one attached hydrogen (secondary N) is 1. The van der Waals surface area contributed by atoms with Gasteiger partial charge >= 0.3 is 5.97 Å². The first-order chi connectivity index (χ1) is 13.7. The number of benzene rings is 2. The standard InChI is InChI=1S/C21H21NO6/c1-25-17-5-3-2-4-16(17)10-11-22-20(23)13-26-21(24)9-7-15-6-8-18-19(12-15)28-14-27-18/h2-9,12H,10-11,13-14H2,1H3,(H,22,23)/b9-7+. The largest absolute Gasteiger partial charge is 0.496 e. The van der Waals surface area contributed by atoms with Crippen molar-refractivity contribution in [3.8, 4) is 17.2 Å². The molecule has 7 nitrogen and oxygen atoms in total. The summed E-state index contributed by atoms with van der Waals surface area (Å²) in [6.07, 6.45) is 3.47. The lowest BCUT2D eigenvalue weighted by molar-refractivity contribution is -0.143. The van der Waals surface area contributed by atoms with Crippen molar-refractivity contribution in [1.29, 1.82) is 0 Å². The van der Waals surface area contributed by atoms with Crippen molar-refractivity contribution < 1.29 is 28.5 Å². The smallest absolute Gasteiger partial charge is 0.331 e. The molecular weight excluding hydrogens is 362 g/mol. The molecule has 0 aromatic heterocycles. The van der Waals surface area contributed by atoms with E-state index in [0.717, 1.165) is 16.9 Å². The van der Waals surface area contributed by atoms with Gasteiger partial charge in [-0.1, -0.05) is 24.3 Å². The van der Waals surface area contributed by atoms with Gasteiger partial charge in [-0.15, -0.1) is 0 Å². The zero-order chi connectivity index (χ0) is 19.8. The molecule has 0 radical (unpaired) electrons. The van der Waals surface area contributed by atoms with Gasteiger partial charge in [-0.3, -0.25) is 4.79 Å². The number of hydrogen-bond acceptors (Lipinski definition) is 6. The first-order valence-corrected chi connectivity index (χ1v) is 8.79. The second-order valence-electron chi connectivity index (χ2n) is 5.97. The third-order valence-corrected chi connectivity index (χ3v) is 4.06. The predicted molar refractivity (Wildman–Crippen MR) is 102 cm³/mol. The van der Waals surface area contributed by atoms with E-state index in [9.17, 15) is 9.59 Å². The van der Waals surface area contributed by atoms with E-state index in [2.05, 4.69) is 5.32 Å². The van der Waals surface area contributed by atoms with Crippen LogP contribution >= 0.6 is 0 Å². The molecule has 1 N–H and O–H groups in total. The molecule has 0 spiro atoms. The maximum absolute atomic E-state index is 11.8. The van der Waals surface area contributed by atoms with Crippen LogP contribution in [-0.4, -0.2) is 38.9 Å². The van der Waals surface area contributed by atoms with Crippen molar-refractivity contribution in [2.45, 2.75) is 6.42 Å². The maximum atomic E-state index is 11.8. The van der Waals surface area contributed by atoms with Crippen LogP contribution in [0, 0.1) is 0 Å². The lowest BCUT2D eigenvalue weighted by Crippen LogP contribution is -2.30. The number of carbonyl (C=O) groups is 2. The van der Waals surface area contributed by atoms with E-state index in [4.69, 9.17) is 18.9 Å². The molecule has 2 aromatic carbocycles. The van der Waals surface area contributed by atoms with Crippen molar-refractivity contribution in [2.24, 2.45) is 0 Å². The third-order valence-electron chi connectivity index (χ3n) is 4.06. The van der Waals surface area contributed by atoms with Crippen LogP contribution in [-0.2, 0) is 20.7 Å². The number of rotatable bonds is 8. The molecule has 1 aliphatic heterocycles. The summed E-state index contributed by atoms with van der Waals surface area (Å²) in [4.78, 5) is 23.6. The van der Waals surface area contributed by atoms with Gasteiger partial charge < -0.3 is 24.3 Å². The van der Waals surface area contributed by atoms with Crippen LogP contribution in [0.2, 0.25) is 0 Å². The molecule has 1 aliphatic rings. The molecule has 0 fully saturated rings. The summed E-state index contributed by atoms with van der Waals surface area (Å²) in [6, 6.07) is 12.9. The fourth-order valence-electron chi connectivity index (χ4n) is 2.66. The van der Waals surface area contributed by atoms with E-state index in [0.29, 0.717) is 24.5 Å². The van der Waals surface area contributed by atoms with Gasteiger partial charge in [0.2, 0.25) is 6.79 Å². The lowest BCUT2D eigenvalue weighted by atomic mass is 10.1. The zero-order valence-electron chi connectivity index (χ0n) is 15.5. The van der Waals surface area contributed by atoms with E-state index < -0.39 is 5.97 Å². The normalized spacial score (nSPS) is 12.0. The number of methoxy groups -OCH3 is 1. The topological polar surface area (TPSA) is 83.1 Å². The Bertz CT molecular complexity index is 877. The third kappa shape index (κ3) is 5.26. The molecule has 0 unspecified atom stereocenters. The highest BCUT2D eigenvalue weighted by Gasteiger charge is 2.12. The molecule has 146 valence electrons. The Kier molecular flexibility index (Phi) is 6.51. The number of hydrogen-bond donors (Lipinski definition) is 1. The molecule has 0 atom stereocenters. The van der Waals surface area contributed by atoms with E-state index in [1.807, 2.05) is 24.3 Å². The van der Waals surface area contributed by atoms with Crippen LogP contribution in [0.15, 0.2) is 48.5 Å². The minimum Gasteiger partial charge on any atom is -0.496 e. The summed E-state index contributed by atoms with van der Waals surface area (Å²) in [6.45, 7) is 0.275. The van der Waals surface area contributed by atoms with Gasteiger partial charge in [0.25, 0.3) is 5.91 Å². The number of ether oxygens (including phenoxy) is 4. The first-order valence-electron chi connectivity index (χ1n) is 8.79. The molecule has 0 saturated heterocycles. The summed E-state index contributed by atoms with van der Waals surface area (Å²) < 4.78 is 20.7. The summed E-state index contributed by atoms with van der Waals surface area (Å²) in [5.41, 5.74) is 1.76. The van der Waals surface area contributed by atoms with Crippen LogP contribution < -0.4 is 19.5 Å². The fraction of sp³-hybridized carbons (Fsp3) is 0.238. The SMILES string of the molecule is COc1ccccc1CCNC(=O)COC(=O)/C=C/c1ccc2c(c1)OCO2.